The van der Waals surface area contributed by atoms with Gasteiger partial charge in [0.1, 0.15) is 11.6 Å². The monoisotopic (exact) mass is 346 g/mol. The molecule has 1 aromatic heterocycles. The predicted molar refractivity (Wildman–Crippen MR) is 84.1 cm³/mol. The minimum absolute atomic E-state index is 0.00354. The summed E-state index contributed by atoms with van der Waals surface area (Å²) in [6.07, 6.45) is 1.62. The third kappa shape index (κ3) is 4.52. The van der Waals surface area contributed by atoms with Crippen LogP contribution >= 0.6 is 34.8 Å². The normalized spacial score (nSPS) is 11.0. The third-order valence-electron chi connectivity index (χ3n) is 2.52. The van der Waals surface area contributed by atoms with Gasteiger partial charge < -0.3 is 5.32 Å². The van der Waals surface area contributed by atoms with Crippen LogP contribution < -0.4 is 5.32 Å². The Morgan fingerprint density at radius 1 is 1.14 bits per heavy atom. The Balaban J connectivity index is 1.89. The minimum atomic E-state index is -0.513. The molecule has 0 aliphatic heterocycles. The maximum Gasteiger partial charge on any atom is 0.151 e. The van der Waals surface area contributed by atoms with Crippen LogP contribution in [-0.4, -0.2) is 23.0 Å². The van der Waals surface area contributed by atoms with E-state index < -0.39 is 5.82 Å². The molecule has 0 saturated carbocycles. The largest absolute Gasteiger partial charge is 0.364 e. The van der Waals surface area contributed by atoms with E-state index in [0.717, 1.165) is 0 Å². The first kappa shape index (κ1) is 15.9. The summed E-state index contributed by atoms with van der Waals surface area (Å²) in [5, 5.41) is 11.2. The van der Waals surface area contributed by atoms with Crippen LogP contribution in [0.5, 0.6) is 0 Å². The van der Waals surface area contributed by atoms with E-state index >= 15 is 0 Å². The number of aliphatic imine (C=N–C) groups is 1. The second-order valence-corrected chi connectivity index (χ2v) is 5.14. The van der Waals surface area contributed by atoms with Crippen LogP contribution in [-0.2, 0) is 6.54 Å². The molecule has 1 N–H and O–H groups in total. The summed E-state index contributed by atoms with van der Waals surface area (Å²) in [5.41, 5.74) is 0.459. The van der Waals surface area contributed by atoms with Crippen LogP contribution in [0.2, 0.25) is 15.2 Å². The van der Waals surface area contributed by atoms with Gasteiger partial charge in [0.25, 0.3) is 0 Å². The number of rotatable bonds is 5. The average molecular weight is 348 g/mol. The van der Waals surface area contributed by atoms with Crippen molar-refractivity contribution in [2.75, 3.05) is 11.9 Å². The topological polar surface area (TPSA) is 50.2 Å². The molecule has 110 valence electrons. The molecule has 0 atom stereocenters. The Kier molecular flexibility index (Phi) is 5.73. The van der Waals surface area contributed by atoms with E-state index in [1.54, 1.807) is 18.3 Å². The van der Waals surface area contributed by atoms with Crippen LogP contribution in [0.4, 0.5) is 10.2 Å². The number of benzene rings is 1. The van der Waals surface area contributed by atoms with E-state index in [-0.39, 0.29) is 11.6 Å². The van der Waals surface area contributed by atoms with Gasteiger partial charge in [-0.3, -0.25) is 4.99 Å². The lowest BCUT2D eigenvalue weighted by molar-refractivity contribution is 0.626. The third-order valence-corrected chi connectivity index (χ3v) is 3.49. The van der Waals surface area contributed by atoms with E-state index in [2.05, 4.69) is 20.5 Å². The van der Waals surface area contributed by atoms with Gasteiger partial charge in [-0.15, -0.1) is 10.2 Å². The molecule has 1 aromatic carbocycles. The molecule has 0 saturated heterocycles. The molecule has 1 heterocycles. The van der Waals surface area contributed by atoms with Gasteiger partial charge in [-0.05, 0) is 24.3 Å². The Labute approximate surface area is 136 Å². The Morgan fingerprint density at radius 2 is 1.95 bits per heavy atom. The highest BCUT2D eigenvalue weighted by molar-refractivity contribution is 6.36. The fourth-order valence-corrected chi connectivity index (χ4v) is 2.09. The molecular weight excluding hydrogens is 338 g/mol. The van der Waals surface area contributed by atoms with Crippen molar-refractivity contribution in [2.45, 2.75) is 6.54 Å². The lowest BCUT2D eigenvalue weighted by Gasteiger charge is -2.05. The van der Waals surface area contributed by atoms with Crippen LogP contribution in [0.3, 0.4) is 0 Å². The summed E-state index contributed by atoms with van der Waals surface area (Å²) in [7, 11) is 0. The lowest BCUT2D eigenvalue weighted by atomic mass is 10.2. The van der Waals surface area contributed by atoms with Crippen molar-refractivity contribution in [1.82, 2.24) is 10.2 Å². The number of anilines is 1. The van der Waals surface area contributed by atoms with Crippen molar-refractivity contribution >= 4 is 46.8 Å². The number of nitrogens with zero attached hydrogens (tertiary/aromatic N) is 3. The fraction of sp³-hybridized carbons (Fsp3) is 0.154. The van der Waals surface area contributed by atoms with Gasteiger partial charge in [-0.1, -0.05) is 34.8 Å². The summed E-state index contributed by atoms with van der Waals surface area (Å²) in [6, 6.07) is 6.00. The van der Waals surface area contributed by atoms with Crippen molar-refractivity contribution in [1.29, 1.82) is 0 Å². The number of nitrogens with one attached hydrogen (secondary N) is 1. The SMILES string of the molecule is Fc1ccc(Cl)c(CN=CCNc2ccc(Cl)nn2)c1Cl. The molecule has 0 aliphatic carbocycles. The highest BCUT2D eigenvalue weighted by Gasteiger charge is 2.09. The summed E-state index contributed by atoms with van der Waals surface area (Å²) in [6.45, 7) is 0.629. The zero-order valence-electron chi connectivity index (χ0n) is 10.7. The van der Waals surface area contributed by atoms with E-state index in [0.29, 0.717) is 28.1 Å². The average Bonchev–Trinajstić information content (AvgIpc) is 2.48. The predicted octanol–water partition coefficient (Wildman–Crippen LogP) is 4.26. The first-order chi connectivity index (χ1) is 10.1. The molecular formula is C13H10Cl3FN4. The van der Waals surface area contributed by atoms with Gasteiger partial charge in [-0.25, -0.2) is 4.39 Å². The molecule has 2 rings (SSSR count). The summed E-state index contributed by atoms with van der Waals surface area (Å²) in [4.78, 5) is 4.14. The molecule has 0 aliphatic rings. The Morgan fingerprint density at radius 3 is 2.67 bits per heavy atom. The molecule has 0 spiro atoms. The second-order valence-electron chi connectivity index (χ2n) is 3.97. The van der Waals surface area contributed by atoms with Crippen molar-refractivity contribution in [3.8, 4) is 0 Å². The van der Waals surface area contributed by atoms with Crippen LogP contribution in [0.15, 0.2) is 29.3 Å². The first-order valence-corrected chi connectivity index (χ1v) is 7.05. The standard InChI is InChI=1S/C13H10Cl3FN4/c14-9-1-2-10(17)13(16)8(9)7-18-5-6-19-12-4-3-11(15)20-21-12/h1-5H,6-7H2,(H,19,21). The number of aromatic nitrogens is 2. The maximum absolute atomic E-state index is 13.3. The summed E-state index contributed by atoms with van der Waals surface area (Å²) < 4.78 is 13.3. The smallest absolute Gasteiger partial charge is 0.151 e. The van der Waals surface area contributed by atoms with Gasteiger partial charge in [-0.2, -0.15) is 0 Å². The molecule has 8 heteroatoms. The van der Waals surface area contributed by atoms with Crippen molar-refractivity contribution in [3.05, 3.63) is 50.8 Å². The molecule has 4 nitrogen and oxygen atoms in total. The van der Waals surface area contributed by atoms with Gasteiger partial charge in [0, 0.05) is 16.8 Å². The molecule has 21 heavy (non-hydrogen) atoms. The Hall–Kier alpha value is -1.43. The number of hydrogen-bond acceptors (Lipinski definition) is 4. The van der Waals surface area contributed by atoms with Crippen LogP contribution in [0.1, 0.15) is 5.56 Å². The van der Waals surface area contributed by atoms with E-state index in [4.69, 9.17) is 34.8 Å². The summed E-state index contributed by atoms with van der Waals surface area (Å²) >= 11 is 17.4. The highest BCUT2D eigenvalue weighted by atomic mass is 35.5. The van der Waals surface area contributed by atoms with Gasteiger partial charge in [0.2, 0.25) is 0 Å². The lowest BCUT2D eigenvalue weighted by Crippen LogP contribution is -2.05. The minimum Gasteiger partial charge on any atom is -0.364 e. The van der Waals surface area contributed by atoms with Gasteiger partial charge >= 0.3 is 0 Å². The molecule has 0 fully saturated rings. The zero-order chi connectivity index (χ0) is 15.2. The van der Waals surface area contributed by atoms with Crippen molar-refractivity contribution in [3.63, 3.8) is 0 Å². The fourth-order valence-electron chi connectivity index (χ4n) is 1.49. The van der Waals surface area contributed by atoms with Crippen LogP contribution in [0, 0.1) is 5.82 Å². The van der Waals surface area contributed by atoms with E-state index in [1.165, 1.54) is 12.1 Å². The number of halogens is 4. The van der Waals surface area contributed by atoms with E-state index in [1.807, 2.05) is 0 Å². The van der Waals surface area contributed by atoms with Gasteiger partial charge in [0.05, 0.1) is 18.1 Å². The molecule has 0 amide bonds. The quantitative estimate of drug-likeness (QED) is 0.649. The Bertz CT molecular complexity index is 647. The molecule has 0 bridgehead atoms. The van der Waals surface area contributed by atoms with E-state index in [9.17, 15) is 4.39 Å². The number of hydrogen-bond donors (Lipinski definition) is 1. The summed E-state index contributed by atoms with van der Waals surface area (Å²) in [5.74, 6) is 0.0634. The molecule has 2 aromatic rings. The van der Waals surface area contributed by atoms with Crippen molar-refractivity contribution in [2.24, 2.45) is 4.99 Å². The highest BCUT2D eigenvalue weighted by Crippen LogP contribution is 2.27. The second kappa shape index (κ2) is 7.54. The first-order valence-electron chi connectivity index (χ1n) is 5.91. The molecule has 0 radical (unpaired) electrons. The van der Waals surface area contributed by atoms with Crippen molar-refractivity contribution < 1.29 is 4.39 Å². The molecule has 0 unspecified atom stereocenters. The van der Waals surface area contributed by atoms with Gasteiger partial charge in [0.15, 0.2) is 5.15 Å². The van der Waals surface area contributed by atoms with Crippen LogP contribution in [0.25, 0.3) is 0 Å². The maximum atomic E-state index is 13.3. The zero-order valence-corrected chi connectivity index (χ0v) is 12.9.